The highest BCUT2D eigenvalue weighted by Crippen LogP contribution is 2.29. The largest absolute Gasteiger partial charge is 0.396 e. The van der Waals surface area contributed by atoms with Gasteiger partial charge in [-0.15, -0.1) is 11.8 Å². The SMILES string of the molecule is CSc1cccc(NC(=O)c2cc(Cl)c(N)c(Cl)c2)c1. The monoisotopic (exact) mass is 326 g/mol. The third-order valence-corrected chi connectivity index (χ3v) is 4.02. The number of hydrogen-bond acceptors (Lipinski definition) is 3. The minimum absolute atomic E-state index is 0.264. The molecule has 104 valence electrons. The van der Waals surface area contributed by atoms with E-state index in [1.165, 1.54) is 12.1 Å². The van der Waals surface area contributed by atoms with Gasteiger partial charge in [-0.1, -0.05) is 29.3 Å². The number of nitrogen functional groups attached to an aromatic ring is 1. The molecular formula is C14H12Cl2N2OS. The zero-order chi connectivity index (χ0) is 14.7. The fraction of sp³-hybridized carbons (Fsp3) is 0.0714. The van der Waals surface area contributed by atoms with E-state index >= 15 is 0 Å². The van der Waals surface area contributed by atoms with Gasteiger partial charge in [-0.2, -0.15) is 0 Å². The average molecular weight is 327 g/mol. The lowest BCUT2D eigenvalue weighted by Gasteiger charge is -2.08. The summed E-state index contributed by atoms with van der Waals surface area (Å²) >= 11 is 13.4. The molecule has 0 unspecified atom stereocenters. The molecule has 0 heterocycles. The number of carbonyl (C=O) groups excluding carboxylic acids is 1. The zero-order valence-corrected chi connectivity index (χ0v) is 12.9. The van der Waals surface area contributed by atoms with Crippen LogP contribution in [-0.4, -0.2) is 12.2 Å². The fourth-order valence-corrected chi connectivity index (χ4v) is 2.57. The Bertz CT molecular complexity index is 638. The third kappa shape index (κ3) is 3.39. The Hall–Kier alpha value is -1.36. The summed E-state index contributed by atoms with van der Waals surface area (Å²) in [4.78, 5) is 13.2. The second kappa shape index (κ2) is 6.39. The van der Waals surface area contributed by atoms with Crippen LogP contribution in [0.2, 0.25) is 10.0 Å². The molecule has 0 aliphatic carbocycles. The Morgan fingerprint density at radius 1 is 1.20 bits per heavy atom. The van der Waals surface area contributed by atoms with Gasteiger partial charge in [0.2, 0.25) is 0 Å². The molecule has 0 aromatic heterocycles. The molecule has 0 atom stereocenters. The van der Waals surface area contributed by atoms with E-state index in [4.69, 9.17) is 28.9 Å². The van der Waals surface area contributed by atoms with E-state index in [0.29, 0.717) is 11.3 Å². The van der Waals surface area contributed by atoms with Crippen molar-refractivity contribution in [3.8, 4) is 0 Å². The highest BCUT2D eigenvalue weighted by molar-refractivity contribution is 7.98. The van der Waals surface area contributed by atoms with Crippen molar-refractivity contribution < 1.29 is 4.79 Å². The Morgan fingerprint density at radius 3 is 2.45 bits per heavy atom. The molecule has 2 aromatic rings. The van der Waals surface area contributed by atoms with Crippen LogP contribution >= 0.6 is 35.0 Å². The van der Waals surface area contributed by atoms with Gasteiger partial charge in [0, 0.05) is 16.1 Å². The highest BCUT2D eigenvalue weighted by atomic mass is 35.5. The van der Waals surface area contributed by atoms with Gasteiger partial charge in [0.05, 0.1) is 15.7 Å². The Labute approximate surface area is 131 Å². The molecule has 0 aliphatic rings. The Morgan fingerprint density at radius 2 is 1.85 bits per heavy atom. The van der Waals surface area contributed by atoms with Crippen LogP contribution in [-0.2, 0) is 0 Å². The summed E-state index contributed by atoms with van der Waals surface area (Å²) in [6, 6.07) is 10.6. The van der Waals surface area contributed by atoms with E-state index in [1.54, 1.807) is 11.8 Å². The fourth-order valence-electron chi connectivity index (χ4n) is 1.62. The van der Waals surface area contributed by atoms with Crippen LogP contribution in [0, 0.1) is 0 Å². The van der Waals surface area contributed by atoms with Crippen molar-refractivity contribution in [3.05, 3.63) is 52.0 Å². The minimum Gasteiger partial charge on any atom is -0.396 e. The predicted octanol–water partition coefficient (Wildman–Crippen LogP) is 4.55. The van der Waals surface area contributed by atoms with E-state index in [9.17, 15) is 4.79 Å². The maximum atomic E-state index is 12.2. The standard InChI is InChI=1S/C14H12Cl2N2OS/c1-20-10-4-2-3-9(7-10)18-14(19)8-5-11(15)13(17)12(16)6-8/h2-7H,17H2,1H3,(H,18,19). The first-order valence-corrected chi connectivity index (χ1v) is 7.69. The number of halogens is 2. The van der Waals surface area contributed by atoms with Crippen molar-refractivity contribution in [1.29, 1.82) is 0 Å². The summed E-state index contributed by atoms with van der Waals surface area (Å²) in [6.45, 7) is 0. The summed E-state index contributed by atoms with van der Waals surface area (Å²) < 4.78 is 0. The van der Waals surface area contributed by atoms with Crippen molar-refractivity contribution >= 4 is 52.2 Å². The predicted molar refractivity (Wildman–Crippen MR) is 87.1 cm³/mol. The number of carbonyl (C=O) groups is 1. The van der Waals surface area contributed by atoms with E-state index in [0.717, 1.165) is 4.90 Å². The molecule has 2 aromatic carbocycles. The number of rotatable bonds is 3. The van der Waals surface area contributed by atoms with Crippen molar-refractivity contribution in [1.82, 2.24) is 0 Å². The van der Waals surface area contributed by atoms with Crippen LogP contribution in [0.3, 0.4) is 0 Å². The van der Waals surface area contributed by atoms with Crippen molar-refractivity contribution in [2.45, 2.75) is 4.90 Å². The summed E-state index contributed by atoms with van der Waals surface area (Å²) in [7, 11) is 0. The number of nitrogens with one attached hydrogen (secondary N) is 1. The maximum Gasteiger partial charge on any atom is 0.255 e. The molecule has 20 heavy (non-hydrogen) atoms. The molecule has 6 heteroatoms. The van der Waals surface area contributed by atoms with Gasteiger partial charge >= 0.3 is 0 Å². The van der Waals surface area contributed by atoms with E-state index in [-0.39, 0.29) is 21.6 Å². The van der Waals surface area contributed by atoms with E-state index in [1.807, 2.05) is 30.5 Å². The van der Waals surface area contributed by atoms with Gasteiger partial charge in [-0.05, 0) is 36.6 Å². The summed E-state index contributed by atoms with van der Waals surface area (Å²) in [5.41, 5.74) is 6.99. The van der Waals surface area contributed by atoms with Crippen LogP contribution in [0.25, 0.3) is 0 Å². The molecule has 0 aliphatic heterocycles. The van der Waals surface area contributed by atoms with Gasteiger partial charge < -0.3 is 11.1 Å². The van der Waals surface area contributed by atoms with Crippen molar-refractivity contribution in [2.75, 3.05) is 17.3 Å². The zero-order valence-electron chi connectivity index (χ0n) is 10.6. The maximum absolute atomic E-state index is 12.2. The second-order valence-electron chi connectivity index (χ2n) is 4.04. The number of anilines is 2. The first-order valence-electron chi connectivity index (χ1n) is 5.71. The molecular weight excluding hydrogens is 315 g/mol. The summed E-state index contributed by atoms with van der Waals surface area (Å²) in [5.74, 6) is -0.285. The lowest BCUT2D eigenvalue weighted by atomic mass is 10.2. The number of hydrogen-bond donors (Lipinski definition) is 2. The smallest absolute Gasteiger partial charge is 0.255 e. The normalized spacial score (nSPS) is 10.3. The van der Waals surface area contributed by atoms with Gasteiger partial charge in [0.25, 0.3) is 5.91 Å². The molecule has 0 spiro atoms. The van der Waals surface area contributed by atoms with Gasteiger partial charge in [-0.25, -0.2) is 0 Å². The van der Waals surface area contributed by atoms with Crippen LogP contribution in [0.5, 0.6) is 0 Å². The van der Waals surface area contributed by atoms with Crippen molar-refractivity contribution in [2.24, 2.45) is 0 Å². The number of nitrogens with two attached hydrogens (primary N) is 1. The molecule has 0 saturated heterocycles. The first kappa shape index (κ1) is 15.0. The second-order valence-corrected chi connectivity index (χ2v) is 5.73. The molecule has 3 N–H and O–H groups in total. The quantitative estimate of drug-likeness (QED) is 0.642. The first-order chi connectivity index (χ1) is 9.51. The van der Waals surface area contributed by atoms with E-state index < -0.39 is 0 Å². The lowest BCUT2D eigenvalue weighted by molar-refractivity contribution is 0.102. The minimum atomic E-state index is -0.285. The number of benzene rings is 2. The molecule has 0 fully saturated rings. The molecule has 2 rings (SSSR count). The molecule has 3 nitrogen and oxygen atoms in total. The van der Waals surface area contributed by atoms with Gasteiger partial charge in [-0.3, -0.25) is 4.79 Å². The third-order valence-electron chi connectivity index (χ3n) is 2.67. The van der Waals surface area contributed by atoms with Crippen LogP contribution in [0.1, 0.15) is 10.4 Å². The van der Waals surface area contributed by atoms with Crippen LogP contribution < -0.4 is 11.1 Å². The topological polar surface area (TPSA) is 55.1 Å². The van der Waals surface area contributed by atoms with Gasteiger partial charge in [0.1, 0.15) is 0 Å². The van der Waals surface area contributed by atoms with Crippen molar-refractivity contribution in [3.63, 3.8) is 0 Å². The van der Waals surface area contributed by atoms with E-state index in [2.05, 4.69) is 5.32 Å². The molecule has 0 saturated carbocycles. The highest BCUT2D eigenvalue weighted by Gasteiger charge is 2.11. The average Bonchev–Trinajstić information content (AvgIpc) is 2.44. The Balaban J connectivity index is 2.23. The summed E-state index contributed by atoms with van der Waals surface area (Å²) in [5, 5.41) is 3.33. The Kier molecular flexibility index (Phi) is 4.81. The lowest BCUT2D eigenvalue weighted by Crippen LogP contribution is -2.12. The van der Waals surface area contributed by atoms with Crippen LogP contribution in [0.15, 0.2) is 41.3 Å². The molecule has 1 amide bonds. The van der Waals surface area contributed by atoms with Gasteiger partial charge in [0.15, 0.2) is 0 Å². The number of thioether (sulfide) groups is 1. The van der Waals surface area contributed by atoms with Crippen LogP contribution in [0.4, 0.5) is 11.4 Å². The molecule has 0 bridgehead atoms. The number of amides is 1. The summed E-state index contributed by atoms with van der Waals surface area (Å²) in [6.07, 6.45) is 1.97. The molecule has 0 radical (unpaired) electrons.